The van der Waals surface area contributed by atoms with Crippen LogP contribution in [0.15, 0.2) is 18.2 Å². The summed E-state index contributed by atoms with van der Waals surface area (Å²) in [5.41, 5.74) is 0.0439. The summed E-state index contributed by atoms with van der Waals surface area (Å²) in [5, 5.41) is 22.4. The number of nitro groups is 1. The van der Waals surface area contributed by atoms with Crippen molar-refractivity contribution in [2.45, 2.75) is 27.2 Å². The molecule has 2 rings (SSSR count). The minimum Gasteiger partial charge on any atom is -0.296 e. The third-order valence-electron chi connectivity index (χ3n) is 2.78. The third kappa shape index (κ3) is 4.70. The number of benzene rings is 1. The lowest BCUT2D eigenvalue weighted by molar-refractivity contribution is -0.384. The molecule has 0 spiro atoms. The van der Waals surface area contributed by atoms with Gasteiger partial charge >= 0.3 is 0 Å². The Morgan fingerprint density at radius 3 is 2.65 bits per heavy atom. The van der Waals surface area contributed by atoms with Crippen molar-refractivity contribution in [2.24, 2.45) is 5.41 Å². The molecule has 7 nitrogen and oxygen atoms in total. The van der Waals surface area contributed by atoms with Crippen molar-refractivity contribution in [3.63, 3.8) is 0 Å². The number of hydrogen-bond acceptors (Lipinski definition) is 6. The van der Waals surface area contributed by atoms with E-state index in [2.05, 4.69) is 36.3 Å². The van der Waals surface area contributed by atoms with Crippen molar-refractivity contribution in [3.8, 4) is 0 Å². The first-order valence-electron chi connectivity index (χ1n) is 6.73. The smallest absolute Gasteiger partial charge is 0.270 e. The molecule has 1 aromatic carbocycles. The molecule has 0 fully saturated rings. The summed E-state index contributed by atoms with van der Waals surface area (Å²) in [6.07, 6.45) is 0.749. The zero-order valence-electron chi connectivity index (χ0n) is 12.8. The number of non-ortho nitro benzene ring substituents is 1. The van der Waals surface area contributed by atoms with E-state index in [1.807, 2.05) is 0 Å². The summed E-state index contributed by atoms with van der Waals surface area (Å²) < 4.78 is 0. The number of rotatable bonds is 4. The second-order valence-electron chi connectivity index (χ2n) is 6.11. The van der Waals surface area contributed by atoms with Crippen LogP contribution >= 0.6 is 22.9 Å². The summed E-state index contributed by atoms with van der Waals surface area (Å²) in [4.78, 5) is 22.3. The van der Waals surface area contributed by atoms with Gasteiger partial charge in [-0.05, 0) is 11.5 Å². The van der Waals surface area contributed by atoms with Gasteiger partial charge in [-0.25, -0.2) is 0 Å². The number of anilines is 1. The fourth-order valence-electron chi connectivity index (χ4n) is 1.80. The summed E-state index contributed by atoms with van der Waals surface area (Å²) in [6.45, 7) is 6.26. The molecule has 122 valence electrons. The molecule has 0 unspecified atom stereocenters. The number of nitrogens with zero attached hydrogens (tertiary/aromatic N) is 3. The van der Waals surface area contributed by atoms with E-state index >= 15 is 0 Å². The van der Waals surface area contributed by atoms with Gasteiger partial charge in [0.05, 0.1) is 15.5 Å². The van der Waals surface area contributed by atoms with Gasteiger partial charge in [-0.2, -0.15) is 0 Å². The fourth-order valence-corrected chi connectivity index (χ4v) is 3.09. The zero-order valence-corrected chi connectivity index (χ0v) is 14.4. The lowest BCUT2D eigenvalue weighted by atomic mass is 9.93. The molecule has 0 bridgehead atoms. The third-order valence-corrected chi connectivity index (χ3v) is 3.93. The highest BCUT2D eigenvalue weighted by Crippen LogP contribution is 2.26. The summed E-state index contributed by atoms with van der Waals surface area (Å²) in [6, 6.07) is 3.68. The van der Waals surface area contributed by atoms with Crippen LogP contribution in [0.3, 0.4) is 0 Å². The SMILES string of the molecule is CC(C)(C)Cc1nnc(NC(=O)c2ccc([N+](=O)[O-])cc2Cl)s1. The van der Waals surface area contributed by atoms with Crippen LogP contribution in [0.25, 0.3) is 0 Å². The van der Waals surface area contributed by atoms with Crippen LogP contribution in [-0.2, 0) is 6.42 Å². The molecule has 0 saturated carbocycles. The normalized spacial score (nSPS) is 11.3. The van der Waals surface area contributed by atoms with Crippen molar-refractivity contribution in [3.05, 3.63) is 43.9 Å². The van der Waals surface area contributed by atoms with Crippen molar-refractivity contribution in [1.82, 2.24) is 10.2 Å². The minimum atomic E-state index is -0.572. The van der Waals surface area contributed by atoms with Gasteiger partial charge in [0.1, 0.15) is 5.01 Å². The molecule has 0 aliphatic rings. The quantitative estimate of drug-likeness (QED) is 0.662. The van der Waals surface area contributed by atoms with Gasteiger partial charge in [-0.3, -0.25) is 20.2 Å². The van der Waals surface area contributed by atoms with E-state index in [1.165, 1.54) is 23.5 Å². The van der Waals surface area contributed by atoms with Crippen molar-refractivity contribution < 1.29 is 9.72 Å². The lowest BCUT2D eigenvalue weighted by Crippen LogP contribution is -2.12. The Kier molecular flexibility index (Phi) is 4.96. The van der Waals surface area contributed by atoms with Crippen LogP contribution in [0, 0.1) is 15.5 Å². The Hall–Kier alpha value is -2.06. The van der Waals surface area contributed by atoms with E-state index in [-0.39, 0.29) is 21.7 Å². The second kappa shape index (κ2) is 6.59. The average molecular weight is 355 g/mol. The Bertz CT molecular complexity index is 755. The second-order valence-corrected chi connectivity index (χ2v) is 7.58. The molecule has 0 atom stereocenters. The number of amides is 1. The standard InChI is InChI=1S/C14H15ClN4O3S/c1-14(2,3)7-11-17-18-13(23-11)16-12(20)9-5-4-8(19(21)22)6-10(9)15/h4-6H,7H2,1-3H3,(H,16,18,20). The summed E-state index contributed by atoms with van der Waals surface area (Å²) >= 11 is 7.22. The molecule has 1 N–H and O–H groups in total. The van der Waals surface area contributed by atoms with E-state index in [0.717, 1.165) is 17.5 Å². The molecule has 2 aromatic rings. The molecular formula is C14H15ClN4O3S. The number of nitrogens with one attached hydrogen (secondary N) is 1. The van der Waals surface area contributed by atoms with Gasteiger partial charge in [0, 0.05) is 18.6 Å². The molecule has 0 radical (unpaired) electrons. The monoisotopic (exact) mass is 354 g/mol. The minimum absolute atomic E-state index is 0.0103. The topological polar surface area (TPSA) is 98.0 Å². The molecule has 1 heterocycles. The van der Waals surface area contributed by atoms with Crippen LogP contribution in [-0.4, -0.2) is 21.0 Å². The van der Waals surface area contributed by atoms with Gasteiger partial charge in [-0.1, -0.05) is 43.7 Å². The van der Waals surface area contributed by atoms with Gasteiger partial charge in [-0.15, -0.1) is 10.2 Å². The first kappa shape index (κ1) is 17.3. The number of aromatic nitrogens is 2. The van der Waals surface area contributed by atoms with Gasteiger partial charge < -0.3 is 0 Å². The molecule has 1 aromatic heterocycles. The first-order valence-corrected chi connectivity index (χ1v) is 7.93. The Balaban J connectivity index is 2.12. The highest BCUT2D eigenvalue weighted by Gasteiger charge is 2.18. The van der Waals surface area contributed by atoms with Crippen molar-refractivity contribution in [1.29, 1.82) is 0 Å². The van der Waals surface area contributed by atoms with E-state index in [4.69, 9.17) is 11.6 Å². The van der Waals surface area contributed by atoms with Crippen molar-refractivity contribution >= 4 is 39.7 Å². The maximum absolute atomic E-state index is 12.2. The highest BCUT2D eigenvalue weighted by molar-refractivity contribution is 7.15. The summed E-state index contributed by atoms with van der Waals surface area (Å²) in [5.74, 6) is -0.483. The molecular weight excluding hydrogens is 340 g/mol. The van der Waals surface area contributed by atoms with Crippen LogP contribution in [0.2, 0.25) is 5.02 Å². The highest BCUT2D eigenvalue weighted by atomic mass is 35.5. The molecule has 0 aliphatic carbocycles. The molecule has 0 saturated heterocycles. The van der Waals surface area contributed by atoms with E-state index in [1.54, 1.807) is 0 Å². The summed E-state index contributed by atoms with van der Waals surface area (Å²) in [7, 11) is 0. The van der Waals surface area contributed by atoms with Gasteiger partial charge in [0.15, 0.2) is 0 Å². The molecule has 9 heteroatoms. The first-order chi connectivity index (χ1) is 10.7. The Morgan fingerprint density at radius 1 is 1.39 bits per heavy atom. The Labute approximate surface area is 141 Å². The van der Waals surface area contributed by atoms with Crippen LogP contribution in [0.1, 0.15) is 36.1 Å². The number of hydrogen-bond donors (Lipinski definition) is 1. The number of carbonyl (C=O) groups is 1. The predicted octanol–water partition coefficient (Wildman–Crippen LogP) is 3.94. The maximum atomic E-state index is 12.2. The number of carbonyl (C=O) groups excluding carboxylic acids is 1. The van der Waals surface area contributed by atoms with E-state index < -0.39 is 10.8 Å². The molecule has 1 amide bonds. The van der Waals surface area contributed by atoms with E-state index in [9.17, 15) is 14.9 Å². The number of halogens is 1. The largest absolute Gasteiger partial charge is 0.296 e. The maximum Gasteiger partial charge on any atom is 0.270 e. The van der Waals surface area contributed by atoms with E-state index in [0.29, 0.717) is 5.13 Å². The average Bonchev–Trinajstić information content (AvgIpc) is 2.83. The van der Waals surface area contributed by atoms with Crippen LogP contribution in [0.4, 0.5) is 10.8 Å². The van der Waals surface area contributed by atoms with Gasteiger partial charge in [0.25, 0.3) is 11.6 Å². The van der Waals surface area contributed by atoms with Crippen LogP contribution < -0.4 is 5.32 Å². The number of nitro benzene ring substituents is 1. The molecule has 0 aliphatic heterocycles. The van der Waals surface area contributed by atoms with Crippen LogP contribution in [0.5, 0.6) is 0 Å². The molecule has 23 heavy (non-hydrogen) atoms. The predicted molar refractivity (Wildman–Crippen MR) is 89.1 cm³/mol. The fraction of sp³-hybridized carbons (Fsp3) is 0.357. The van der Waals surface area contributed by atoms with Gasteiger partial charge in [0.2, 0.25) is 5.13 Å². The zero-order chi connectivity index (χ0) is 17.2. The van der Waals surface area contributed by atoms with Crippen molar-refractivity contribution in [2.75, 3.05) is 5.32 Å². The Morgan fingerprint density at radius 2 is 2.09 bits per heavy atom. The lowest BCUT2D eigenvalue weighted by Gasteiger charge is -2.14.